The van der Waals surface area contributed by atoms with Gasteiger partial charge in [0, 0.05) is 41.7 Å². The summed E-state index contributed by atoms with van der Waals surface area (Å²) in [6.07, 6.45) is 4.19. The van der Waals surface area contributed by atoms with Gasteiger partial charge in [-0.3, -0.25) is 9.79 Å². The normalized spacial score (nSPS) is 15.7. The first kappa shape index (κ1) is 19.2. The topological polar surface area (TPSA) is 74.7 Å². The van der Waals surface area contributed by atoms with Crippen LogP contribution in [-0.2, 0) is 11.2 Å². The quantitative estimate of drug-likeness (QED) is 0.687. The van der Waals surface area contributed by atoms with Crippen molar-refractivity contribution in [2.45, 2.75) is 52.4 Å². The van der Waals surface area contributed by atoms with Crippen LogP contribution in [0.4, 0.5) is 0 Å². The Balaban J connectivity index is 1.85. The molecule has 2 N–H and O–H groups in total. The number of carbonyl (C=O) groups is 1. The number of Topliss-reactive ketones (excluding diaryl/α,β-unsaturated/α-hetero) is 1. The minimum Gasteiger partial charge on any atom is -0.511 e. The van der Waals surface area contributed by atoms with Crippen LogP contribution in [0.3, 0.4) is 0 Å². The number of ketones is 1. The molecule has 27 heavy (non-hydrogen) atoms. The van der Waals surface area contributed by atoms with Crippen molar-refractivity contribution in [2.24, 2.45) is 4.99 Å². The van der Waals surface area contributed by atoms with Gasteiger partial charge in [-0.15, -0.1) is 0 Å². The summed E-state index contributed by atoms with van der Waals surface area (Å²) < 4.78 is 5.35. The third-order valence-corrected chi connectivity index (χ3v) is 5.15. The number of carbonyl (C=O) groups excluding carboxylic acids is 1. The molecule has 0 atom stereocenters. The van der Waals surface area contributed by atoms with Crippen LogP contribution < -0.4 is 4.74 Å². The van der Waals surface area contributed by atoms with Crippen molar-refractivity contribution in [1.82, 2.24) is 4.98 Å². The van der Waals surface area contributed by atoms with Gasteiger partial charge in [0.1, 0.15) is 11.5 Å². The molecule has 2 aromatic rings. The Morgan fingerprint density at radius 1 is 1.33 bits per heavy atom. The van der Waals surface area contributed by atoms with Crippen LogP contribution in [0.25, 0.3) is 10.9 Å². The molecular formula is C22H28N2O3. The molecule has 5 nitrogen and oxygen atoms in total. The van der Waals surface area contributed by atoms with E-state index in [0.717, 1.165) is 47.3 Å². The monoisotopic (exact) mass is 368 g/mol. The number of allylic oxidation sites excluding steroid dienone is 2. The summed E-state index contributed by atoms with van der Waals surface area (Å²) in [7, 11) is 1.67. The van der Waals surface area contributed by atoms with E-state index in [1.165, 1.54) is 5.56 Å². The molecule has 5 heteroatoms. The van der Waals surface area contributed by atoms with Gasteiger partial charge in [-0.1, -0.05) is 13.3 Å². The summed E-state index contributed by atoms with van der Waals surface area (Å²) in [4.78, 5) is 20.4. The van der Waals surface area contributed by atoms with E-state index in [9.17, 15) is 9.90 Å². The van der Waals surface area contributed by atoms with Crippen LogP contribution in [0.15, 0.2) is 34.5 Å². The fourth-order valence-electron chi connectivity index (χ4n) is 3.79. The van der Waals surface area contributed by atoms with Gasteiger partial charge in [0.2, 0.25) is 0 Å². The predicted octanol–water partition coefficient (Wildman–Crippen LogP) is 4.83. The highest BCUT2D eigenvalue weighted by molar-refractivity contribution is 6.23. The van der Waals surface area contributed by atoms with Crippen LogP contribution in [0.2, 0.25) is 0 Å². The van der Waals surface area contributed by atoms with Crippen molar-refractivity contribution >= 4 is 22.4 Å². The fraction of sp³-hybridized carbons (Fsp3) is 0.455. The van der Waals surface area contributed by atoms with E-state index in [-0.39, 0.29) is 11.5 Å². The Morgan fingerprint density at radius 3 is 2.85 bits per heavy atom. The zero-order chi connectivity index (χ0) is 19.4. The average Bonchev–Trinajstić information content (AvgIpc) is 2.96. The number of aryl methyl sites for hydroxylation is 1. The Hall–Kier alpha value is -2.56. The van der Waals surface area contributed by atoms with Gasteiger partial charge in [-0.05, 0) is 49.9 Å². The number of aromatic nitrogens is 1. The second-order valence-corrected chi connectivity index (χ2v) is 7.07. The molecule has 1 aliphatic rings. The molecule has 0 unspecified atom stereocenters. The van der Waals surface area contributed by atoms with Crippen molar-refractivity contribution in [1.29, 1.82) is 0 Å². The Morgan fingerprint density at radius 2 is 2.15 bits per heavy atom. The molecule has 1 aromatic carbocycles. The van der Waals surface area contributed by atoms with Crippen molar-refractivity contribution in [3.63, 3.8) is 0 Å². The molecule has 0 saturated carbocycles. The number of aliphatic hydroxyl groups excluding tert-OH is 1. The van der Waals surface area contributed by atoms with Gasteiger partial charge in [-0.25, -0.2) is 0 Å². The van der Waals surface area contributed by atoms with E-state index in [0.29, 0.717) is 31.4 Å². The smallest absolute Gasteiger partial charge is 0.168 e. The van der Waals surface area contributed by atoms with Crippen molar-refractivity contribution in [3.05, 3.63) is 40.8 Å². The largest absolute Gasteiger partial charge is 0.511 e. The number of aliphatic hydroxyl groups is 1. The highest BCUT2D eigenvalue weighted by Crippen LogP contribution is 2.27. The summed E-state index contributed by atoms with van der Waals surface area (Å²) in [6, 6.07) is 6.02. The number of rotatable bonds is 7. The summed E-state index contributed by atoms with van der Waals surface area (Å²) in [5.41, 5.74) is 4.66. The number of ether oxygens (including phenoxy) is 1. The van der Waals surface area contributed by atoms with Gasteiger partial charge in [-0.2, -0.15) is 0 Å². The number of nitrogens with zero attached hydrogens (tertiary/aromatic N) is 1. The molecule has 1 aliphatic carbocycles. The predicted molar refractivity (Wildman–Crippen MR) is 109 cm³/mol. The SMILES string of the molecule is CCCC(=NCCc1c(C)[nH]c2ccc(OC)cc12)C1=C(O)CCCC1=O. The first-order valence-corrected chi connectivity index (χ1v) is 9.69. The van der Waals surface area contributed by atoms with Gasteiger partial charge < -0.3 is 14.8 Å². The van der Waals surface area contributed by atoms with Gasteiger partial charge in [0.05, 0.1) is 12.7 Å². The second-order valence-electron chi connectivity index (χ2n) is 7.07. The highest BCUT2D eigenvalue weighted by atomic mass is 16.5. The van der Waals surface area contributed by atoms with Gasteiger partial charge >= 0.3 is 0 Å². The minimum absolute atomic E-state index is 0.0268. The number of aliphatic imine (C=N–C) groups is 1. The summed E-state index contributed by atoms with van der Waals surface area (Å²) in [5.74, 6) is 1.08. The van der Waals surface area contributed by atoms with E-state index >= 15 is 0 Å². The molecule has 0 radical (unpaired) electrons. The molecule has 0 saturated heterocycles. The molecule has 0 aliphatic heterocycles. The van der Waals surface area contributed by atoms with E-state index < -0.39 is 0 Å². The third-order valence-electron chi connectivity index (χ3n) is 5.15. The average molecular weight is 368 g/mol. The van der Waals surface area contributed by atoms with E-state index in [1.807, 2.05) is 18.2 Å². The maximum Gasteiger partial charge on any atom is 0.168 e. The lowest BCUT2D eigenvalue weighted by Gasteiger charge is -2.17. The lowest BCUT2D eigenvalue weighted by Crippen LogP contribution is -2.20. The molecule has 1 aromatic heterocycles. The van der Waals surface area contributed by atoms with Gasteiger partial charge in [0.25, 0.3) is 0 Å². The van der Waals surface area contributed by atoms with Crippen LogP contribution in [0.1, 0.15) is 50.3 Å². The zero-order valence-electron chi connectivity index (χ0n) is 16.4. The molecular weight excluding hydrogens is 340 g/mol. The fourth-order valence-corrected chi connectivity index (χ4v) is 3.79. The third kappa shape index (κ3) is 4.07. The molecule has 1 heterocycles. The summed E-state index contributed by atoms with van der Waals surface area (Å²) in [5, 5.41) is 11.4. The van der Waals surface area contributed by atoms with Crippen molar-refractivity contribution in [2.75, 3.05) is 13.7 Å². The van der Waals surface area contributed by atoms with E-state index in [4.69, 9.17) is 9.73 Å². The minimum atomic E-state index is 0.0268. The lowest BCUT2D eigenvalue weighted by molar-refractivity contribution is -0.115. The zero-order valence-corrected chi connectivity index (χ0v) is 16.4. The number of nitrogens with one attached hydrogen (secondary N) is 1. The standard InChI is InChI=1S/C22H28N2O3/c1-4-6-19(22-20(25)7-5-8-21(22)26)23-12-11-16-14(2)24-18-10-9-15(27-3)13-17(16)18/h9-10,13,24-25H,4-8,11-12H2,1-3H3. The molecule has 3 rings (SSSR count). The summed E-state index contributed by atoms with van der Waals surface area (Å²) in [6.45, 7) is 4.72. The van der Waals surface area contributed by atoms with E-state index in [1.54, 1.807) is 7.11 Å². The number of methoxy groups -OCH3 is 1. The van der Waals surface area contributed by atoms with Crippen molar-refractivity contribution < 1.29 is 14.6 Å². The maximum atomic E-state index is 12.3. The number of fused-ring (bicyclic) bond motifs is 1. The summed E-state index contributed by atoms with van der Waals surface area (Å²) >= 11 is 0. The number of benzene rings is 1. The van der Waals surface area contributed by atoms with Crippen molar-refractivity contribution in [3.8, 4) is 5.75 Å². The Kier molecular flexibility index (Phi) is 5.99. The maximum absolute atomic E-state index is 12.3. The first-order valence-electron chi connectivity index (χ1n) is 9.69. The van der Waals surface area contributed by atoms with E-state index in [2.05, 4.69) is 18.8 Å². The molecule has 0 fully saturated rings. The molecule has 144 valence electrons. The number of hydrogen-bond donors (Lipinski definition) is 2. The second kappa shape index (κ2) is 8.42. The molecule has 0 amide bonds. The lowest BCUT2D eigenvalue weighted by atomic mass is 9.91. The van der Waals surface area contributed by atoms with Crippen LogP contribution in [0.5, 0.6) is 5.75 Å². The Bertz CT molecular complexity index is 906. The number of aromatic amines is 1. The van der Waals surface area contributed by atoms with Crippen LogP contribution in [0, 0.1) is 6.92 Å². The van der Waals surface area contributed by atoms with Crippen LogP contribution >= 0.6 is 0 Å². The molecule has 0 spiro atoms. The number of H-pyrrole nitrogens is 1. The first-order chi connectivity index (χ1) is 13.0. The Labute approximate surface area is 160 Å². The number of hydrogen-bond acceptors (Lipinski definition) is 4. The van der Waals surface area contributed by atoms with Gasteiger partial charge in [0.15, 0.2) is 5.78 Å². The molecule has 0 bridgehead atoms. The highest BCUT2D eigenvalue weighted by Gasteiger charge is 2.24. The van der Waals surface area contributed by atoms with Crippen LogP contribution in [-0.4, -0.2) is 35.2 Å².